The Morgan fingerprint density at radius 3 is 2.17 bits per heavy atom. The second kappa shape index (κ2) is 7.75. The highest BCUT2D eigenvalue weighted by molar-refractivity contribution is 6.39. The maximum Gasteiger partial charge on any atom is 0.335 e. The minimum Gasteiger partial charge on any atom is -0.344 e. The first-order valence-corrected chi connectivity index (χ1v) is 8.99. The smallest absolute Gasteiger partial charge is 0.335 e. The van der Waals surface area contributed by atoms with Crippen LogP contribution in [0.15, 0.2) is 72.4 Å². The molecule has 0 unspecified atom stereocenters. The largest absolute Gasteiger partial charge is 0.344 e. The molecule has 0 aliphatic carbocycles. The van der Waals surface area contributed by atoms with E-state index in [1.807, 2.05) is 0 Å². The molecule has 3 aromatic rings. The normalized spacial score (nSPS) is 15.6. The lowest BCUT2D eigenvalue weighted by molar-refractivity contribution is -0.122. The van der Waals surface area contributed by atoms with Crippen LogP contribution in [-0.4, -0.2) is 22.4 Å². The third-order valence-electron chi connectivity index (χ3n) is 4.61. The van der Waals surface area contributed by atoms with Crippen LogP contribution in [-0.2, 0) is 16.1 Å². The molecule has 4 rings (SSSR count). The van der Waals surface area contributed by atoms with E-state index in [1.54, 1.807) is 35.0 Å². The second-order valence-corrected chi connectivity index (χ2v) is 6.62. The van der Waals surface area contributed by atoms with Crippen LogP contribution in [0.4, 0.5) is 19.3 Å². The summed E-state index contributed by atoms with van der Waals surface area (Å²) < 4.78 is 28.1. The number of halogens is 2. The van der Waals surface area contributed by atoms with Gasteiger partial charge in [-0.15, -0.1) is 0 Å². The Balaban J connectivity index is 1.66. The summed E-state index contributed by atoms with van der Waals surface area (Å²) in [4.78, 5) is 38.2. The maximum atomic E-state index is 13.2. The monoisotopic (exact) mass is 407 g/mol. The van der Waals surface area contributed by atoms with E-state index in [0.717, 1.165) is 22.6 Å². The van der Waals surface area contributed by atoms with Gasteiger partial charge in [-0.2, -0.15) is 0 Å². The van der Waals surface area contributed by atoms with Crippen molar-refractivity contribution in [1.82, 2.24) is 9.88 Å². The molecule has 30 heavy (non-hydrogen) atoms. The first-order chi connectivity index (χ1) is 14.4. The molecule has 1 aliphatic heterocycles. The molecule has 0 atom stereocenters. The SMILES string of the molecule is O=C1NC(=O)N(c2ccc(F)cc2)C(=O)C1=Cc1cccn1Cc1ccc(F)cc1. The molecular formula is C22H15F2N3O3. The predicted octanol–water partition coefficient (Wildman–Crippen LogP) is 3.48. The van der Waals surface area contributed by atoms with Crippen molar-refractivity contribution in [3.8, 4) is 0 Å². The van der Waals surface area contributed by atoms with Crippen molar-refractivity contribution in [2.75, 3.05) is 4.90 Å². The van der Waals surface area contributed by atoms with E-state index in [2.05, 4.69) is 5.32 Å². The number of amides is 4. The van der Waals surface area contributed by atoms with Crippen molar-refractivity contribution < 1.29 is 23.2 Å². The minimum absolute atomic E-state index is 0.138. The van der Waals surface area contributed by atoms with Gasteiger partial charge in [-0.05, 0) is 60.2 Å². The van der Waals surface area contributed by atoms with Gasteiger partial charge in [-0.25, -0.2) is 18.5 Å². The highest BCUT2D eigenvalue weighted by Crippen LogP contribution is 2.22. The van der Waals surface area contributed by atoms with Gasteiger partial charge < -0.3 is 4.57 Å². The molecule has 150 valence electrons. The average Bonchev–Trinajstić information content (AvgIpc) is 3.15. The van der Waals surface area contributed by atoms with Crippen molar-refractivity contribution in [2.45, 2.75) is 6.54 Å². The quantitative estimate of drug-likeness (QED) is 0.532. The van der Waals surface area contributed by atoms with Crippen molar-refractivity contribution in [3.63, 3.8) is 0 Å². The molecule has 1 saturated heterocycles. The summed E-state index contributed by atoms with van der Waals surface area (Å²) in [5.74, 6) is -2.50. The van der Waals surface area contributed by atoms with E-state index >= 15 is 0 Å². The Morgan fingerprint density at radius 1 is 0.867 bits per heavy atom. The van der Waals surface area contributed by atoms with E-state index in [9.17, 15) is 23.2 Å². The molecule has 2 aromatic carbocycles. The first-order valence-electron chi connectivity index (χ1n) is 8.99. The number of carbonyl (C=O) groups is 3. The molecule has 1 fully saturated rings. The Kier molecular flexibility index (Phi) is 4.97. The topological polar surface area (TPSA) is 71.4 Å². The molecule has 8 heteroatoms. The minimum atomic E-state index is -0.907. The van der Waals surface area contributed by atoms with Crippen LogP contribution in [0.1, 0.15) is 11.3 Å². The molecule has 2 heterocycles. The van der Waals surface area contributed by atoms with Crippen molar-refractivity contribution >= 4 is 29.6 Å². The fraction of sp³-hybridized carbons (Fsp3) is 0.0455. The average molecular weight is 407 g/mol. The maximum absolute atomic E-state index is 13.2. The molecule has 0 saturated carbocycles. The van der Waals surface area contributed by atoms with Gasteiger partial charge >= 0.3 is 6.03 Å². The number of nitrogens with zero attached hydrogens (tertiary/aromatic N) is 2. The standard InChI is InChI=1S/C22H15F2N3O3/c23-15-5-3-14(4-6-15)13-26-11-1-2-18(26)12-19-20(28)25-22(30)27(21(19)29)17-9-7-16(24)8-10-17/h1-12H,13H2,(H,25,28,30). The lowest BCUT2D eigenvalue weighted by Gasteiger charge is -2.26. The number of carbonyl (C=O) groups excluding carboxylic acids is 3. The van der Waals surface area contributed by atoms with Crippen LogP contribution >= 0.6 is 0 Å². The van der Waals surface area contributed by atoms with Crippen LogP contribution in [0.2, 0.25) is 0 Å². The lowest BCUT2D eigenvalue weighted by Crippen LogP contribution is -2.54. The summed E-state index contributed by atoms with van der Waals surface area (Å²) in [7, 11) is 0. The molecule has 0 radical (unpaired) electrons. The van der Waals surface area contributed by atoms with E-state index in [0.29, 0.717) is 12.2 Å². The summed E-state index contributed by atoms with van der Waals surface area (Å²) in [6.07, 6.45) is 3.13. The van der Waals surface area contributed by atoms with Gasteiger partial charge in [-0.1, -0.05) is 12.1 Å². The van der Waals surface area contributed by atoms with Gasteiger partial charge in [0.2, 0.25) is 0 Å². The number of urea groups is 1. The van der Waals surface area contributed by atoms with Gasteiger partial charge in [-0.3, -0.25) is 14.9 Å². The second-order valence-electron chi connectivity index (χ2n) is 6.62. The molecule has 0 bridgehead atoms. The summed E-state index contributed by atoms with van der Waals surface area (Å²) in [5.41, 5.74) is 1.28. The van der Waals surface area contributed by atoms with Gasteiger partial charge in [0.15, 0.2) is 0 Å². The van der Waals surface area contributed by atoms with Gasteiger partial charge in [0, 0.05) is 18.4 Å². The molecular weight excluding hydrogens is 392 g/mol. The lowest BCUT2D eigenvalue weighted by atomic mass is 10.1. The zero-order chi connectivity index (χ0) is 21.3. The number of hydrogen-bond acceptors (Lipinski definition) is 3. The van der Waals surface area contributed by atoms with Crippen LogP contribution in [0, 0.1) is 11.6 Å². The molecule has 6 nitrogen and oxygen atoms in total. The summed E-state index contributed by atoms with van der Waals surface area (Å²) >= 11 is 0. The molecule has 4 amide bonds. The van der Waals surface area contributed by atoms with Crippen LogP contribution in [0.5, 0.6) is 0 Å². The van der Waals surface area contributed by atoms with Crippen LogP contribution in [0.3, 0.4) is 0 Å². The van der Waals surface area contributed by atoms with E-state index < -0.39 is 23.7 Å². The van der Waals surface area contributed by atoms with Gasteiger partial charge in [0.05, 0.1) is 5.69 Å². The van der Waals surface area contributed by atoms with Gasteiger partial charge in [0.1, 0.15) is 17.2 Å². The first kappa shape index (κ1) is 19.3. The molecule has 1 aromatic heterocycles. The van der Waals surface area contributed by atoms with E-state index in [4.69, 9.17) is 0 Å². The number of imide groups is 2. The zero-order valence-corrected chi connectivity index (χ0v) is 15.5. The summed E-state index contributed by atoms with van der Waals surface area (Å²) in [6, 6.07) is 13.3. The fourth-order valence-electron chi connectivity index (χ4n) is 3.12. The Morgan fingerprint density at radius 2 is 1.50 bits per heavy atom. The third-order valence-corrected chi connectivity index (χ3v) is 4.61. The zero-order valence-electron chi connectivity index (χ0n) is 15.5. The Hall–Kier alpha value is -4.07. The van der Waals surface area contributed by atoms with Crippen molar-refractivity contribution in [1.29, 1.82) is 0 Å². The Bertz CT molecular complexity index is 1170. The number of nitrogens with one attached hydrogen (secondary N) is 1. The fourth-order valence-corrected chi connectivity index (χ4v) is 3.12. The van der Waals surface area contributed by atoms with Crippen LogP contribution in [0.25, 0.3) is 6.08 Å². The third kappa shape index (κ3) is 3.75. The number of rotatable bonds is 4. The number of barbiturate groups is 1. The molecule has 1 N–H and O–H groups in total. The summed E-state index contributed by atoms with van der Waals surface area (Å²) in [6.45, 7) is 0.392. The number of benzene rings is 2. The van der Waals surface area contributed by atoms with E-state index in [-0.39, 0.29) is 17.1 Å². The van der Waals surface area contributed by atoms with E-state index in [1.165, 1.54) is 30.3 Å². The highest BCUT2D eigenvalue weighted by atomic mass is 19.1. The molecule has 0 spiro atoms. The number of aromatic nitrogens is 1. The highest BCUT2D eigenvalue weighted by Gasteiger charge is 2.36. The summed E-state index contributed by atoms with van der Waals surface area (Å²) in [5, 5.41) is 2.13. The number of anilines is 1. The molecule has 1 aliphatic rings. The predicted molar refractivity (Wildman–Crippen MR) is 105 cm³/mol. The van der Waals surface area contributed by atoms with Crippen LogP contribution < -0.4 is 10.2 Å². The number of hydrogen-bond donors (Lipinski definition) is 1. The van der Waals surface area contributed by atoms with Crippen molar-refractivity contribution in [2.24, 2.45) is 0 Å². The Labute approximate surface area is 170 Å². The van der Waals surface area contributed by atoms with Gasteiger partial charge in [0.25, 0.3) is 11.8 Å². The van der Waals surface area contributed by atoms with Crippen molar-refractivity contribution in [3.05, 3.63) is 95.3 Å².